The lowest BCUT2D eigenvalue weighted by Gasteiger charge is -2.25. The van der Waals surface area contributed by atoms with Crippen LogP contribution in [0.3, 0.4) is 0 Å². The average molecular weight is 261 g/mol. The van der Waals surface area contributed by atoms with Gasteiger partial charge in [-0.3, -0.25) is 9.59 Å². The molecule has 1 fully saturated rings. The van der Waals surface area contributed by atoms with E-state index in [4.69, 9.17) is 16.6 Å². The number of nitrogens with two attached hydrogens (primary N) is 2. The van der Waals surface area contributed by atoms with E-state index < -0.39 is 36.0 Å². The highest BCUT2D eigenvalue weighted by Gasteiger charge is 2.43. The van der Waals surface area contributed by atoms with Gasteiger partial charge in [-0.25, -0.2) is 9.18 Å². The molecule has 2 amide bonds. The topological polar surface area (TPSA) is 127 Å². The zero-order valence-corrected chi connectivity index (χ0v) is 9.71. The van der Waals surface area contributed by atoms with E-state index in [1.54, 1.807) is 0 Å². The van der Waals surface area contributed by atoms with Gasteiger partial charge in [0.15, 0.2) is 6.04 Å². The Hall–Kier alpha value is -1.70. The van der Waals surface area contributed by atoms with Gasteiger partial charge < -0.3 is 21.5 Å². The summed E-state index contributed by atoms with van der Waals surface area (Å²) in [4.78, 5) is 34.2. The molecule has 7 nitrogen and oxygen atoms in total. The second kappa shape index (κ2) is 5.76. The third-order valence-electron chi connectivity index (χ3n) is 2.88. The highest BCUT2D eigenvalue weighted by molar-refractivity contribution is 5.88. The highest BCUT2D eigenvalue weighted by Crippen LogP contribution is 2.22. The second-order valence-corrected chi connectivity index (χ2v) is 4.23. The molecule has 1 rings (SSSR count). The van der Waals surface area contributed by atoms with Gasteiger partial charge in [0.05, 0.1) is 6.04 Å². The van der Waals surface area contributed by atoms with Crippen molar-refractivity contribution in [2.45, 2.75) is 37.5 Å². The number of halogens is 1. The van der Waals surface area contributed by atoms with Crippen molar-refractivity contribution in [3.05, 3.63) is 0 Å². The van der Waals surface area contributed by atoms with E-state index in [1.807, 2.05) is 0 Å². The van der Waals surface area contributed by atoms with Crippen LogP contribution >= 0.6 is 0 Å². The minimum Gasteiger partial charge on any atom is -0.480 e. The molecule has 1 aliphatic rings. The van der Waals surface area contributed by atoms with Crippen molar-refractivity contribution >= 4 is 17.8 Å². The van der Waals surface area contributed by atoms with Crippen LogP contribution in [0.2, 0.25) is 0 Å². The number of alkyl halides is 1. The van der Waals surface area contributed by atoms with Gasteiger partial charge in [-0.1, -0.05) is 0 Å². The molecule has 1 unspecified atom stereocenters. The summed E-state index contributed by atoms with van der Waals surface area (Å²) < 4.78 is 13.3. The van der Waals surface area contributed by atoms with E-state index in [0.29, 0.717) is 0 Å². The van der Waals surface area contributed by atoms with Crippen molar-refractivity contribution in [1.82, 2.24) is 4.90 Å². The van der Waals surface area contributed by atoms with Gasteiger partial charge in [0.1, 0.15) is 6.17 Å². The predicted octanol–water partition coefficient (Wildman–Crippen LogP) is -1.40. The van der Waals surface area contributed by atoms with Crippen molar-refractivity contribution in [1.29, 1.82) is 0 Å². The fourth-order valence-electron chi connectivity index (χ4n) is 1.92. The van der Waals surface area contributed by atoms with Gasteiger partial charge >= 0.3 is 5.97 Å². The Morgan fingerprint density at radius 1 is 1.44 bits per heavy atom. The molecular formula is C10H16FN3O4. The summed E-state index contributed by atoms with van der Waals surface area (Å²) in [5, 5.41) is 8.85. The SMILES string of the molecule is NC(=O)CCC(N)C(=O)N1CC[C@@H](F)[C@@H]1C(=O)O. The molecule has 8 heteroatoms. The number of carboxylic acid groups (broad SMARTS) is 1. The molecule has 0 saturated carbocycles. The summed E-state index contributed by atoms with van der Waals surface area (Å²) in [5.41, 5.74) is 10.5. The number of hydrogen-bond acceptors (Lipinski definition) is 4. The molecular weight excluding hydrogens is 245 g/mol. The Morgan fingerprint density at radius 2 is 2.06 bits per heavy atom. The zero-order valence-electron chi connectivity index (χ0n) is 9.71. The van der Waals surface area contributed by atoms with E-state index in [9.17, 15) is 18.8 Å². The monoisotopic (exact) mass is 261 g/mol. The van der Waals surface area contributed by atoms with Gasteiger partial charge in [-0.05, 0) is 12.8 Å². The maximum atomic E-state index is 13.3. The Morgan fingerprint density at radius 3 is 2.56 bits per heavy atom. The fourth-order valence-corrected chi connectivity index (χ4v) is 1.92. The van der Waals surface area contributed by atoms with Crippen molar-refractivity contribution in [2.24, 2.45) is 11.5 Å². The minimum atomic E-state index is -1.59. The summed E-state index contributed by atoms with van der Waals surface area (Å²) >= 11 is 0. The first-order chi connectivity index (χ1) is 8.34. The standard InChI is InChI=1S/C10H16FN3O4/c11-5-3-4-14(8(5)10(17)18)9(16)6(12)1-2-7(13)15/h5-6,8H,1-4,12H2,(H2,13,15)(H,17,18)/t5-,6?,8-/m1/s1. The van der Waals surface area contributed by atoms with Crippen LogP contribution in [-0.4, -0.2) is 52.6 Å². The third-order valence-corrected chi connectivity index (χ3v) is 2.88. The number of aliphatic carboxylic acids is 1. The van der Waals surface area contributed by atoms with Gasteiger partial charge in [0, 0.05) is 13.0 Å². The fraction of sp³-hybridized carbons (Fsp3) is 0.700. The molecule has 102 valence electrons. The molecule has 1 aliphatic heterocycles. The molecule has 1 heterocycles. The smallest absolute Gasteiger partial charge is 0.329 e. The zero-order chi connectivity index (χ0) is 13.9. The minimum absolute atomic E-state index is 0.0151. The van der Waals surface area contributed by atoms with Gasteiger partial charge in [-0.15, -0.1) is 0 Å². The maximum absolute atomic E-state index is 13.3. The molecule has 0 aliphatic carbocycles. The number of rotatable bonds is 5. The molecule has 5 N–H and O–H groups in total. The quantitative estimate of drug-likeness (QED) is 0.561. The second-order valence-electron chi connectivity index (χ2n) is 4.23. The Balaban J connectivity index is 2.65. The van der Waals surface area contributed by atoms with Crippen LogP contribution in [0.15, 0.2) is 0 Å². The summed E-state index contributed by atoms with van der Waals surface area (Å²) in [6.45, 7) is 0.0151. The lowest BCUT2D eigenvalue weighted by atomic mass is 10.1. The van der Waals surface area contributed by atoms with Crippen molar-refractivity contribution in [3.8, 4) is 0 Å². The number of carboxylic acids is 1. The summed E-state index contributed by atoms with van der Waals surface area (Å²) in [7, 11) is 0. The predicted molar refractivity (Wildman–Crippen MR) is 59.1 cm³/mol. The summed E-state index contributed by atoms with van der Waals surface area (Å²) in [5.74, 6) is -2.66. The van der Waals surface area contributed by atoms with Crippen LogP contribution in [0.5, 0.6) is 0 Å². The van der Waals surface area contributed by atoms with E-state index in [2.05, 4.69) is 0 Å². The molecule has 0 aromatic carbocycles. The number of nitrogens with zero attached hydrogens (tertiary/aromatic N) is 1. The third kappa shape index (κ3) is 3.16. The first-order valence-electron chi connectivity index (χ1n) is 5.55. The molecule has 0 spiro atoms. The molecule has 0 bridgehead atoms. The van der Waals surface area contributed by atoms with E-state index in [1.165, 1.54) is 0 Å². The molecule has 18 heavy (non-hydrogen) atoms. The van der Waals surface area contributed by atoms with Crippen LogP contribution in [-0.2, 0) is 14.4 Å². The highest BCUT2D eigenvalue weighted by atomic mass is 19.1. The van der Waals surface area contributed by atoms with Gasteiger partial charge in [0.25, 0.3) is 0 Å². The number of carbonyl (C=O) groups excluding carboxylic acids is 2. The van der Waals surface area contributed by atoms with Crippen molar-refractivity contribution < 1.29 is 23.9 Å². The number of amides is 2. The number of primary amides is 1. The lowest BCUT2D eigenvalue weighted by molar-refractivity contribution is -0.150. The van der Waals surface area contributed by atoms with Crippen LogP contribution in [0.1, 0.15) is 19.3 Å². The van der Waals surface area contributed by atoms with Crippen molar-refractivity contribution in [3.63, 3.8) is 0 Å². The molecule has 3 atom stereocenters. The van der Waals surface area contributed by atoms with E-state index >= 15 is 0 Å². The van der Waals surface area contributed by atoms with Crippen molar-refractivity contribution in [2.75, 3.05) is 6.54 Å². The largest absolute Gasteiger partial charge is 0.480 e. The van der Waals surface area contributed by atoms with E-state index in [-0.39, 0.29) is 25.8 Å². The first-order valence-corrected chi connectivity index (χ1v) is 5.55. The number of carbonyl (C=O) groups is 3. The number of likely N-dealkylation sites (tertiary alicyclic amines) is 1. The van der Waals surface area contributed by atoms with Crippen LogP contribution < -0.4 is 11.5 Å². The first kappa shape index (κ1) is 14.4. The van der Waals surface area contributed by atoms with Gasteiger partial charge in [0.2, 0.25) is 11.8 Å². The Labute approximate surface area is 103 Å². The molecule has 0 radical (unpaired) electrons. The summed E-state index contributed by atoms with van der Waals surface area (Å²) in [6, 6.07) is -2.53. The van der Waals surface area contributed by atoms with Crippen LogP contribution in [0.4, 0.5) is 4.39 Å². The maximum Gasteiger partial charge on any atom is 0.329 e. The summed E-state index contributed by atoms with van der Waals surface area (Å²) in [6.07, 6.45) is -1.66. The Kier molecular flexibility index (Phi) is 4.60. The normalized spacial score (nSPS) is 24.9. The van der Waals surface area contributed by atoms with Crippen LogP contribution in [0, 0.1) is 0 Å². The average Bonchev–Trinajstić information content (AvgIpc) is 2.66. The molecule has 1 saturated heterocycles. The van der Waals surface area contributed by atoms with E-state index in [0.717, 1.165) is 4.90 Å². The number of hydrogen-bond donors (Lipinski definition) is 3. The van der Waals surface area contributed by atoms with Gasteiger partial charge in [-0.2, -0.15) is 0 Å². The lowest BCUT2D eigenvalue weighted by Crippen LogP contribution is -2.50. The van der Waals surface area contributed by atoms with Crippen LogP contribution in [0.25, 0.3) is 0 Å². The molecule has 0 aromatic heterocycles. The Bertz CT molecular complexity index is 363. The molecule has 0 aromatic rings.